The summed E-state index contributed by atoms with van der Waals surface area (Å²) in [5.74, 6) is -2.24. The maximum Gasteiger partial charge on any atom is 0.328 e. The lowest BCUT2D eigenvalue weighted by molar-refractivity contribution is -0.133. The molecule has 4 aromatic rings. The Morgan fingerprint density at radius 2 is 1.65 bits per heavy atom. The first-order valence-corrected chi connectivity index (χ1v) is 11.6. The molecule has 0 spiro atoms. The molecule has 1 heterocycles. The number of carbonyl (C=O) groups excluding carboxylic acids is 3. The van der Waals surface area contributed by atoms with Crippen molar-refractivity contribution in [2.24, 2.45) is 0 Å². The van der Waals surface area contributed by atoms with Gasteiger partial charge in [0.1, 0.15) is 5.69 Å². The van der Waals surface area contributed by atoms with Gasteiger partial charge >= 0.3 is 11.8 Å². The number of nitrogens with zero attached hydrogens (tertiary/aromatic N) is 1. The maximum atomic E-state index is 13.1. The van der Waals surface area contributed by atoms with E-state index in [2.05, 4.69) is 32.0 Å². The fourth-order valence-electron chi connectivity index (χ4n) is 3.48. The molecule has 9 heteroatoms. The smallest absolute Gasteiger partial charge is 0.321 e. The molecule has 4 rings (SSSR count). The van der Waals surface area contributed by atoms with Gasteiger partial charge in [-0.2, -0.15) is 0 Å². The van der Waals surface area contributed by atoms with E-state index in [1.165, 1.54) is 4.68 Å². The van der Waals surface area contributed by atoms with E-state index in [1.807, 2.05) is 19.1 Å². The Kier molecular flexibility index (Phi) is 7.00. The van der Waals surface area contributed by atoms with Crippen molar-refractivity contribution in [3.8, 4) is 0 Å². The third kappa shape index (κ3) is 5.13. The molecule has 7 nitrogen and oxygen atoms in total. The highest BCUT2D eigenvalue weighted by Crippen LogP contribution is 2.24. The normalized spacial score (nSPS) is 10.7. The van der Waals surface area contributed by atoms with Crippen LogP contribution in [0.2, 0.25) is 5.02 Å². The quantitative estimate of drug-likeness (QED) is 0.289. The highest BCUT2D eigenvalue weighted by atomic mass is 79.9. The molecule has 0 atom stereocenters. The standard InChI is InChI=1S/C25H20BrClN4O3/c1-2-15-5-3-4-6-20(15)29-24(33)25(34)30-31-21-12-9-18(27)13-16(21)14-22(31)23(32)28-19-10-7-17(26)8-11-19/h3-14H,2H2,1H3,(H,28,32)(H,29,33)(H,30,34). The van der Waals surface area contributed by atoms with Gasteiger partial charge in [-0.25, -0.2) is 4.68 Å². The second kappa shape index (κ2) is 10.1. The monoisotopic (exact) mass is 538 g/mol. The first-order valence-electron chi connectivity index (χ1n) is 10.4. The highest BCUT2D eigenvalue weighted by Gasteiger charge is 2.21. The van der Waals surface area contributed by atoms with Crippen LogP contribution in [0, 0.1) is 0 Å². The predicted molar refractivity (Wildman–Crippen MR) is 138 cm³/mol. The minimum Gasteiger partial charge on any atom is -0.321 e. The number of anilines is 2. The number of aromatic nitrogens is 1. The number of nitrogens with one attached hydrogen (secondary N) is 3. The van der Waals surface area contributed by atoms with Gasteiger partial charge in [0.2, 0.25) is 0 Å². The summed E-state index contributed by atoms with van der Waals surface area (Å²) in [7, 11) is 0. The predicted octanol–water partition coefficient (Wildman–Crippen LogP) is 5.58. The van der Waals surface area contributed by atoms with E-state index in [9.17, 15) is 14.4 Å². The summed E-state index contributed by atoms with van der Waals surface area (Å²) in [6, 6.07) is 20.9. The first-order chi connectivity index (χ1) is 16.4. The van der Waals surface area contributed by atoms with Gasteiger partial charge in [-0.15, -0.1) is 0 Å². The molecule has 172 valence electrons. The van der Waals surface area contributed by atoms with Crippen molar-refractivity contribution in [1.29, 1.82) is 0 Å². The fourth-order valence-corrected chi connectivity index (χ4v) is 3.93. The molecule has 0 saturated carbocycles. The van der Waals surface area contributed by atoms with Crippen LogP contribution < -0.4 is 16.1 Å². The van der Waals surface area contributed by atoms with Crippen LogP contribution in [-0.4, -0.2) is 22.4 Å². The maximum absolute atomic E-state index is 13.1. The lowest BCUT2D eigenvalue weighted by Gasteiger charge is -2.13. The Morgan fingerprint density at radius 3 is 2.38 bits per heavy atom. The van der Waals surface area contributed by atoms with Crippen molar-refractivity contribution in [2.45, 2.75) is 13.3 Å². The zero-order valence-electron chi connectivity index (χ0n) is 18.1. The van der Waals surface area contributed by atoms with Gasteiger partial charge in [0, 0.05) is 26.3 Å². The molecule has 0 saturated heterocycles. The van der Waals surface area contributed by atoms with Crippen molar-refractivity contribution in [3.05, 3.63) is 93.5 Å². The summed E-state index contributed by atoms with van der Waals surface area (Å²) >= 11 is 9.47. The van der Waals surface area contributed by atoms with Crippen LogP contribution in [0.5, 0.6) is 0 Å². The number of hydrogen-bond acceptors (Lipinski definition) is 3. The van der Waals surface area contributed by atoms with E-state index < -0.39 is 17.7 Å². The fraction of sp³-hybridized carbons (Fsp3) is 0.0800. The summed E-state index contributed by atoms with van der Waals surface area (Å²) in [5.41, 5.74) is 5.22. The molecule has 0 aliphatic carbocycles. The largest absolute Gasteiger partial charge is 0.328 e. The molecule has 3 N–H and O–H groups in total. The summed E-state index contributed by atoms with van der Waals surface area (Å²) in [4.78, 5) is 38.5. The summed E-state index contributed by atoms with van der Waals surface area (Å²) in [6.07, 6.45) is 0.696. The first kappa shape index (κ1) is 23.5. The number of para-hydroxylation sites is 1. The minimum absolute atomic E-state index is 0.135. The molecular weight excluding hydrogens is 520 g/mol. The summed E-state index contributed by atoms with van der Waals surface area (Å²) in [5, 5.41) is 6.53. The van der Waals surface area contributed by atoms with Gasteiger partial charge in [0.25, 0.3) is 5.91 Å². The molecule has 1 aromatic heterocycles. The number of carbonyl (C=O) groups is 3. The lowest BCUT2D eigenvalue weighted by atomic mass is 10.1. The number of fused-ring (bicyclic) bond motifs is 1. The molecule has 0 aliphatic heterocycles. The number of hydrogen-bond donors (Lipinski definition) is 3. The average molecular weight is 540 g/mol. The van der Waals surface area contributed by atoms with E-state index in [1.54, 1.807) is 60.7 Å². The molecular formula is C25H20BrClN4O3. The number of aryl methyl sites for hydroxylation is 1. The SMILES string of the molecule is CCc1ccccc1NC(=O)C(=O)Nn1c(C(=O)Nc2ccc(Br)cc2)cc2cc(Cl)ccc21. The molecule has 0 bridgehead atoms. The van der Waals surface area contributed by atoms with Gasteiger partial charge in [0.05, 0.1) is 5.52 Å². The molecule has 0 unspecified atom stereocenters. The summed E-state index contributed by atoms with van der Waals surface area (Å²) in [6.45, 7) is 1.96. The lowest BCUT2D eigenvalue weighted by Crippen LogP contribution is -2.36. The molecule has 0 fully saturated rings. The van der Waals surface area contributed by atoms with Gasteiger partial charge < -0.3 is 10.6 Å². The van der Waals surface area contributed by atoms with Crippen LogP contribution >= 0.6 is 27.5 Å². The van der Waals surface area contributed by atoms with E-state index in [0.29, 0.717) is 33.7 Å². The van der Waals surface area contributed by atoms with E-state index in [4.69, 9.17) is 11.6 Å². The molecule has 0 aliphatic rings. The average Bonchev–Trinajstić information content (AvgIpc) is 3.18. The molecule has 34 heavy (non-hydrogen) atoms. The van der Waals surface area contributed by atoms with Crippen LogP contribution in [-0.2, 0) is 16.0 Å². The number of benzene rings is 3. The van der Waals surface area contributed by atoms with Crippen molar-refractivity contribution in [3.63, 3.8) is 0 Å². The van der Waals surface area contributed by atoms with Crippen LogP contribution in [0.3, 0.4) is 0 Å². The third-order valence-corrected chi connectivity index (χ3v) is 5.93. The molecule has 0 radical (unpaired) electrons. The zero-order valence-corrected chi connectivity index (χ0v) is 20.4. The second-order valence-electron chi connectivity index (χ2n) is 7.43. The molecule has 3 aromatic carbocycles. The third-order valence-electron chi connectivity index (χ3n) is 5.16. The topological polar surface area (TPSA) is 92.2 Å². The van der Waals surface area contributed by atoms with Gasteiger partial charge in [-0.1, -0.05) is 52.7 Å². The number of amides is 3. The van der Waals surface area contributed by atoms with Crippen molar-refractivity contribution in [1.82, 2.24) is 4.68 Å². The van der Waals surface area contributed by atoms with Crippen molar-refractivity contribution >= 4 is 67.5 Å². The Hall–Kier alpha value is -3.62. The zero-order chi connectivity index (χ0) is 24.2. The Bertz CT molecular complexity index is 1400. The van der Waals surface area contributed by atoms with Crippen LogP contribution in [0.4, 0.5) is 11.4 Å². The summed E-state index contributed by atoms with van der Waals surface area (Å²) < 4.78 is 2.16. The highest BCUT2D eigenvalue weighted by molar-refractivity contribution is 9.10. The van der Waals surface area contributed by atoms with Gasteiger partial charge in [-0.3, -0.25) is 19.8 Å². The second-order valence-corrected chi connectivity index (χ2v) is 8.79. The Morgan fingerprint density at radius 1 is 0.912 bits per heavy atom. The number of rotatable bonds is 5. The van der Waals surface area contributed by atoms with Gasteiger partial charge in [0.15, 0.2) is 0 Å². The van der Waals surface area contributed by atoms with Crippen LogP contribution in [0.1, 0.15) is 23.0 Å². The van der Waals surface area contributed by atoms with E-state index in [0.717, 1.165) is 10.0 Å². The van der Waals surface area contributed by atoms with E-state index >= 15 is 0 Å². The molecule has 3 amide bonds. The van der Waals surface area contributed by atoms with Crippen LogP contribution in [0.15, 0.2) is 77.3 Å². The van der Waals surface area contributed by atoms with Gasteiger partial charge in [-0.05, 0) is 66.6 Å². The number of halogens is 2. The van der Waals surface area contributed by atoms with Crippen LogP contribution in [0.25, 0.3) is 10.9 Å². The minimum atomic E-state index is -0.920. The Balaban J connectivity index is 1.62. The van der Waals surface area contributed by atoms with Crippen molar-refractivity contribution < 1.29 is 14.4 Å². The van der Waals surface area contributed by atoms with Crippen molar-refractivity contribution in [2.75, 3.05) is 16.1 Å². The van der Waals surface area contributed by atoms with E-state index in [-0.39, 0.29) is 5.69 Å². The Labute approximate surface area is 209 Å².